The number of fused-ring (bicyclic) bond motifs is 1. The van der Waals surface area contributed by atoms with E-state index in [0.29, 0.717) is 19.1 Å². The van der Waals surface area contributed by atoms with Crippen LogP contribution in [0.15, 0.2) is 29.2 Å². The first-order valence-corrected chi connectivity index (χ1v) is 7.29. The Labute approximate surface area is 114 Å². The summed E-state index contributed by atoms with van der Waals surface area (Å²) in [4.78, 5) is 3.38. The zero-order chi connectivity index (χ0) is 13.2. The maximum Gasteiger partial charge on any atom is 0.0869 e. The number of nitrogens with one attached hydrogen (secondary N) is 1. The van der Waals surface area contributed by atoms with E-state index < -0.39 is 5.60 Å². The van der Waals surface area contributed by atoms with Crippen molar-refractivity contribution in [2.75, 3.05) is 32.9 Å². The molecule has 1 aromatic rings. The highest BCUT2D eigenvalue weighted by atomic mass is 32.2. The van der Waals surface area contributed by atoms with E-state index in [1.54, 1.807) is 0 Å². The first-order chi connectivity index (χ1) is 8.48. The summed E-state index contributed by atoms with van der Waals surface area (Å²) in [6.07, 6.45) is 0. The third-order valence-corrected chi connectivity index (χ3v) is 4.27. The molecule has 0 aromatic heterocycles. The summed E-state index contributed by atoms with van der Waals surface area (Å²) < 4.78 is 0. The van der Waals surface area contributed by atoms with Crippen LogP contribution in [0.5, 0.6) is 0 Å². The van der Waals surface area contributed by atoms with Crippen LogP contribution in [0.3, 0.4) is 0 Å². The van der Waals surface area contributed by atoms with Crippen molar-refractivity contribution >= 4 is 11.8 Å². The summed E-state index contributed by atoms with van der Waals surface area (Å²) in [5, 5.41) is 13.8. The van der Waals surface area contributed by atoms with Gasteiger partial charge >= 0.3 is 0 Å². The van der Waals surface area contributed by atoms with Gasteiger partial charge in [-0.05, 0) is 32.6 Å². The second-order valence-electron chi connectivity index (χ2n) is 5.52. The van der Waals surface area contributed by atoms with E-state index in [0.717, 1.165) is 5.75 Å². The lowest BCUT2D eigenvalue weighted by atomic mass is 10.0. The summed E-state index contributed by atoms with van der Waals surface area (Å²) in [5.41, 5.74) is 0.675. The minimum absolute atomic E-state index is 0.361. The molecule has 0 aliphatic carbocycles. The number of hydrogen-bond donors (Lipinski definition) is 2. The van der Waals surface area contributed by atoms with E-state index >= 15 is 0 Å². The van der Waals surface area contributed by atoms with Gasteiger partial charge < -0.3 is 15.3 Å². The largest absolute Gasteiger partial charge is 0.388 e. The van der Waals surface area contributed by atoms with Crippen LogP contribution in [0.1, 0.15) is 18.5 Å². The molecule has 2 unspecified atom stereocenters. The van der Waals surface area contributed by atoms with Crippen molar-refractivity contribution in [3.63, 3.8) is 0 Å². The monoisotopic (exact) mass is 266 g/mol. The van der Waals surface area contributed by atoms with E-state index in [-0.39, 0.29) is 0 Å². The second-order valence-corrected chi connectivity index (χ2v) is 6.58. The molecule has 0 fully saturated rings. The Bertz CT molecular complexity index is 407. The summed E-state index contributed by atoms with van der Waals surface area (Å²) >= 11 is 1.89. The van der Waals surface area contributed by atoms with E-state index in [9.17, 15) is 5.11 Å². The molecule has 18 heavy (non-hydrogen) atoms. The molecule has 100 valence electrons. The molecule has 0 spiro atoms. The quantitative estimate of drug-likeness (QED) is 0.851. The van der Waals surface area contributed by atoms with Crippen molar-refractivity contribution in [1.82, 2.24) is 10.2 Å². The van der Waals surface area contributed by atoms with Gasteiger partial charge in [0.05, 0.1) is 5.60 Å². The molecule has 0 saturated heterocycles. The highest BCUT2D eigenvalue weighted by molar-refractivity contribution is 7.99. The molecule has 1 aromatic carbocycles. The Hall–Kier alpha value is -0.550. The van der Waals surface area contributed by atoms with Crippen LogP contribution < -0.4 is 5.32 Å². The zero-order valence-corrected chi connectivity index (χ0v) is 12.1. The van der Waals surface area contributed by atoms with Crippen molar-refractivity contribution in [3.05, 3.63) is 29.8 Å². The summed E-state index contributed by atoms with van der Waals surface area (Å²) in [6.45, 7) is 3.17. The first kappa shape index (κ1) is 13.9. The van der Waals surface area contributed by atoms with Crippen LogP contribution in [0.25, 0.3) is 0 Å². The average Bonchev–Trinajstić information content (AvgIpc) is 2.68. The standard InChI is InChI=1S/C14H22N2OS/c1-14(17,10-16(2)3)9-15-12-8-18-13-7-5-4-6-11(12)13/h4-7,12,15,17H,8-10H2,1-3H3. The fraction of sp³-hybridized carbons (Fsp3) is 0.571. The van der Waals surface area contributed by atoms with Gasteiger partial charge in [-0.25, -0.2) is 0 Å². The van der Waals surface area contributed by atoms with Crippen LogP contribution >= 0.6 is 11.8 Å². The van der Waals surface area contributed by atoms with Gasteiger partial charge in [0.25, 0.3) is 0 Å². The Morgan fingerprint density at radius 1 is 1.44 bits per heavy atom. The highest BCUT2D eigenvalue weighted by Gasteiger charge is 2.26. The van der Waals surface area contributed by atoms with E-state index in [1.165, 1.54) is 10.5 Å². The minimum Gasteiger partial charge on any atom is -0.388 e. The molecular weight excluding hydrogens is 244 g/mol. The Balaban J connectivity index is 1.92. The molecule has 2 N–H and O–H groups in total. The van der Waals surface area contributed by atoms with Crippen molar-refractivity contribution in [2.24, 2.45) is 0 Å². The normalized spacial score (nSPS) is 21.9. The molecule has 0 saturated carbocycles. The molecule has 0 amide bonds. The highest BCUT2D eigenvalue weighted by Crippen LogP contribution is 2.37. The Morgan fingerprint density at radius 3 is 2.89 bits per heavy atom. The van der Waals surface area contributed by atoms with Crippen molar-refractivity contribution < 1.29 is 5.11 Å². The second kappa shape index (κ2) is 5.61. The first-order valence-electron chi connectivity index (χ1n) is 6.30. The molecule has 2 atom stereocenters. The fourth-order valence-corrected chi connectivity index (χ4v) is 3.61. The molecule has 4 heteroatoms. The van der Waals surface area contributed by atoms with Gasteiger partial charge in [-0.2, -0.15) is 0 Å². The number of likely N-dealkylation sites (N-methyl/N-ethyl adjacent to an activating group) is 1. The molecule has 3 nitrogen and oxygen atoms in total. The number of rotatable bonds is 5. The molecule has 1 aliphatic heterocycles. The van der Waals surface area contributed by atoms with E-state index in [1.807, 2.05) is 37.7 Å². The van der Waals surface area contributed by atoms with Crippen LogP contribution in [0, 0.1) is 0 Å². The number of hydrogen-bond acceptors (Lipinski definition) is 4. The predicted molar refractivity (Wildman–Crippen MR) is 77.1 cm³/mol. The molecule has 1 aliphatic rings. The van der Waals surface area contributed by atoms with Crippen molar-refractivity contribution in [2.45, 2.75) is 23.5 Å². The lowest BCUT2D eigenvalue weighted by Crippen LogP contribution is -2.46. The topological polar surface area (TPSA) is 35.5 Å². The molecule has 0 bridgehead atoms. The number of benzene rings is 1. The number of aliphatic hydroxyl groups is 1. The third kappa shape index (κ3) is 3.48. The predicted octanol–water partition coefficient (Wildman–Crippen LogP) is 1.74. The van der Waals surface area contributed by atoms with Gasteiger partial charge in [0.15, 0.2) is 0 Å². The molecular formula is C14H22N2OS. The lowest BCUT2D eigenvalue weighted by molar-refractivity contribution is 0.0319. The van der Waals surface area contributed by atoms with Gasteiger partial charge in [-0.3, -0.25) is 0 Å². The maximum absolute atomic E-state index is 10.3. The Morgan fingerprint density at radius 2 is 2.17 bits per heavy atom. The van der Waals surface area contributed by atoms with Crippen LogP contribution in [-0.2, 0) is 0 Å². The zero-order valence-electron chi connectivity index (χ0n) is 11.3. The van der Waals surface area contributed by atoms with Gasteiger partial charge in [0.1, 0.15) is 0 Å². The van der Waals surface area contributed by atoms with Crippen LogP contribution in [-0.4, -0.2) is 48.5 Å². The van der Waals surface area contributed by atoms with E-state index in [4.69, 9.17) is 0 Å². The van der Waals surface area contributed by atoms with Gasteiger partial charge in [0, 0.05) is 29.8 Å². The van der Waals surface area contributed by atoms with Gasteiger partial charge in [-0.15, -0.1) is 11.8 Å². The van der Waals surface area contributed by atoms with E-state index in [2.05, 4.69) is 29.6 Å². The molecule has 0 radical (unpaired) electrons. The molecule has 2 rings (SSSR count). The van der Waals surface area contributed by atoms with Crippen LogP contribution in [0.4, 0.5) is 0 Å². The van der Waals surface area contributed by atoms with Crippen molar-refractivity contribution in [1.29, 1.82) is 0 Å². The SMILES string of the molecule is CN(C)CC(C)(O)CNC1CSc2ccccc21. The lowest BCUT2D eigenvalue weighted by Gasteiger charge is -2.28. The van der Waals surface area contributed by atoms with Crippen LogP contribution in [0.2, 0.25) is 0 Å². The van der Waals surface area contributed by atoms with Crippen molar-refractivity contribution in [3.8, 4) is 0 Å². The summed E-state index contributed by atoms with van der Waals surface area (Å²) in [6, 6.07) is 8.86. The summed E-state index contributed by atoms with van der Waals surface area (Å²) in [7, 11) is 3.96. The molecule has 1 heterocycles. The minimum atomic E-state index is -0.689. The smallest absolute Gasteiger partial charge is 0.0869 e. The summed E-state index contributed by atoms with van der Waals surface area (Å²) in [5.74, 6) is 1.05. The maximum atomic E-state index is 10.3. The number of nitrogens with zero attached hydrogens (tertiary/aromatic N) is 1. The Kier molecular flexibility index (Phi) is 4.33. The van der Waals surface area contributed by atoms with Gasteiger partial charge in [0.2, 0.25) is 0 Å². The fourth-order valence-electron chi connectivity index (χ4n) is 2.41. The third-order valence-electron chi connectivity index (χ3n) is 3.09. The van der Waals surface area contributed by atoms with Gasteiger partial charge in [-0.1, -0.05) is 18.2 Å². The number of thioether (sulfide) groups is 1. The average molecular weight is 266 g/mol.